The van der Waals surface area contributed by atoms with E-state index in [2.05, 4.69) is 12.2 Å². The zero-order valence-corrected chi connectivity index (χ0v) is 19.2. The van der Waals surface area contributed by atoms with Gasteiger partial charge in [-0.1, -0.05) is 26.2 Å². The molecule has 7 nitrogen and oxygen atoms in total. The number of hydrogen-bond donors (Lipinski definition) is 1. The molecule has 7 heteroatoms. The molecule has 2 aromatic carbocycles. The second-order valence-electron chi connectivity index (χ2n) is 7.93. The largest absolute Gasteiger partial charge is 0.481 e. The smallest absolute Gasteiger partial charge is 0.338 e. The van der Waals surface area contributed by atoms with E-state index in [9.17, 15) is 14.4 Å². The topological polar surface area (TPSA) is 94.8 Å². The highest BCUT2D eigenvalue weighted by Gasteiger charge is 2.16. The first-order chi connectivity index (χ1) is 15.9. The summed E-state index contributed by atoms with van der Waals surface area (Å²) in [6.07, 6.45) is 3.36. The van der Waals surface area contributed by atoms with Crippen molar-refractivity contribution >= 4 is 28.5 Å². The van der Waals surface area contributed by atoms with Gasteiger partial charge in [-0.25, -0.2) is 9.59 Å². The molecule has 1 aromatic heterocycles. The molecule has 1 heterocycles. The molecule has 0 aliphatic carbocycles. The second-order valence-corrected chi connectivity index (χ2v) is 7.93. The van der Waals surface area contributed by atoms with Crippen LogP contribution in [-0.4, -0.2) is 24.6 Å². The maximum Gasteiger partial charge on any atom is 0.338 e. The van der Waals surface area contributed by atoms with E-state index in [1.54, 1.807) is 49.4 Å². The lowest BCUT2D eigenvalue weighted by Gasteiger charge is -2.15. The molecule has 1 amide bonds. The van der Waals surface area contributed by atoms with Crippen LogP contribution >= 0.6 is 0 Å². The quantitative estimate of drug-likeness (QED) is 0.257. The fraction of sp³-hybridized carbons (Fsp3) is 0.346. The Morgan fingerprint density at radius 1 is 1.03 bits per heavy atom. The van der Waals surface area contributed by atoms with Gasteiger partial charge in [-0.05, 0) is 62.2 Å². The molecule has 3 aromatic rings. The monoisotopic (exact) mass is 451 g/mol. The van der Waals surface area contributed by atoms with E-state index in [4.69, 9.17) is 13.9 Å². The highest BCUT2D eigenvalue weighted by Crippen LogP contribution is 2.23. The lowest BCUT2D eigenvalue weighted by molar-refractivity contribution is -0.122. The van der Waals surface area contributed by atoms with Gasteiger partial charge in [0.1, 0.15) is 11.3 Å². The van der Waals surface area contributed by atoms with Crippen molar-refractivity contribution < 1.29 is 23.5 Å². The molecule has 174 valence electrons. The normalized spacial score (nSPS) is 11.7. The molecule has 0 radical (unpaired) electrons. The van der Waals surface area contributed by atoms with Crippen LogP contribution in [0.3, 0.4) is 0 Å². The van der Waals surface area contributed by atoms with Crippen LogP contribution < -0.4 is 15.7 Å². The first-order valence-electron chi connectivity index (χ1n) is 11.2. The Morgan fingerprint density at radius 3 is 2.52 bits per heavy atom. The van der Waals surface area contributed by atoms with Crippen LogP contribution in [0.15, 0.2) is 57.7 Å². The second kappa shape index (κ2) is 11.3. The third-order valence-corrected chi connectivity index (χ3v) is 5.22. The molecule has 1 atom stereocenters. The average molecular weight is 452 g/mol. The van der Waals surface area contributed by atoms with Gasteiger partial charge in [0.05, 0.1) is 12.2 Å². The summed E-state index contributed by atoms with van der Waals surface area (Å²) >= 11 is 0. The molecule has 1 unspecified atom stereocenters. The molecule has 3 rings (SSSR count). The fourth-order valence-electron chi connectivity index (χ4n) is 3.35. The number of aryl methyl sites for hydroxylation is 1. The maximum absolute atomic E-state index is 12.5. The molecule has 0 spiro atoms. The molecule has 33 heavy (non-hydrogen) atoms. The van der Waals surface area contributed by atoms with Crippen molar-refractivity contribution in [1.82, 2.24) is 0 Å². The van der Waals surface area contributed by atoms with Crippen molar-refractivity contribution in [2.45, 2.75) is 52.6 Å². The Morgan fingerprint density at radius 2 is 1.79 bits per heavy atom. The molecule has 0 aliphatic heterocycles. The number of unbranched alkanes of at least 4 members (excludes halogenated alkanes) is 3. The summed E-state index contributed by atoms with van der Waals surface area (Å²) in [5.41, 5.74) is 1.74. The number of nitrogens with one attached hydrogen (secondary N) is 1. The van der Waals surface area contributed by atoms with E-state index in [-0.39, 0.29) is 11.9 Å². The number of carbonyl (C=O) groups is 2. The number of hydrogen-bond acceptors (Lipinski definition) is 6. The number of ether oxygens (including phenoxy) is 2. The van der Waals surface area contributed by atoms with Gasteiger partial charge >= 0.3 is 11.6 Å². The van der Waals surface area contributed by atoms with Crippen LogP contribution in [0.4, 0.5) is 5.69 Å². The molecule has 0 bridgehead atoms. The lowest BCUT2D eigenvalue weighted by Crippen LogP contribution is -2.30. The molecule has 0 saturated carbocycles. The minimum atomic E-state index is -0.799. The van der Waals surface area contributed by atoms with E-state index in [1.165, 1.54) is 6.07 Å². The Kier molecular flexibility index (Phi) is 8.24. The first kappa shape index (κ1) is 24.0. The predicted octanol–water partition coefficient (Wildman–Crippen LogP) is 5.24. The first-order valence-corrected chi connectivity index (χ1v) is 11.2. The summed E-state index contributed by atoms with van der Waals surface area (Å²) < 4.78 is 16.2. The van der Waals surface area contributed by atoms with Gasteiger partial charge in [0, 0.05) is 23.2 Å². The fourth-order valence-corrected chi connectivity index (χ4v) is 3.35. The summed E-state index contributed by atoms with van der Waals surface area (Å²) in [5, 5.41) is 3.56. The van der Waals surface area contributed by atoms with Crippen molar-refractivity contribution in [2.75, 3.05) is 11.9 Å². The van der Waals surface area contributed by atoms with Crippen molar-refractivity contribution in [1.29, 1.82) is 0 Å². The van der Waals surface area contributed by atoms with Crippen LogP contribution in [0.1, 0.15) is 55.5 Å². The van der Waals surface area contributed by atoms with Gasteiger partial charge in [0.15, 0.2) is 6.10 Å². The van der Waals surface area contributed by atoms with E-state index < -0.39 is 11.7 Å². The lowest BCUT2D eigenvalue weighted by atomic mass is 10.1. The summed E-state index contributed by atoms with van der Waals surface area (Å²) in [6.45, 7) is 5.98. The zero-order chi connectivity index (χ0) is 23.8. The van der Waals surface area contributed by atoms with Crippen molar-refractivity contribution in [3.05, 3.63) is 70.1 Å². The highest BCUT2D eigenvalue weighted by molar-refractivity contribution is 5.95. The van der Waals surface area contributed by atoms with Crippen molar-refractivity contribution in [3.63, 3.8) is 0 Å². The van der Waals surface area contributed by atoms with Gasteiger partial charge in [-0.3, -0.25) is 4.79 Å². The number of benzene rings is 2. The molecule has 1 N–H and O–H groups in total. The molecular formula is C26H29NO6. The van der Waals surface area contributed by atoms with Crippen LogP contribution in [-0.2, 0) is 9.53 Å². The Balaban J connectivity index is 1.54. The predicted molar refractivity (Wildman–Crippen MR) is 127 cm³/mol. The summed E-state index contributed by atoms with van der Waals surface area (Å²) in [4.78, 5) is 36.2. The minimum Gasteiger partial charge on any atom is -0.481 e. The minimum absolute atomic E-state index is 0.355. The summed E-state index contributed by atoms with van der Waals surface area (Å²) in [6, 6.07) is 13.1. The van der Waals surface area contributed by atoms with E-state index in [0.29, 0.717) is 29.2 Å². The van der Waals surface area contributed by atoms with Crippen molar-refractivity contribution in [3.8, 4) is 5.75 Å². The van der Waals surface area contributed by atoms with Gasteiger partial charge in [-0.15, -0.1) is 0 Å². The van der Waals surface area contributed by atoms with E-state index in [0.717, 1.165) is 36.6 Å². The Bertz CT molecular complexity index is 1170. The molecular weight excluding hydrogens is 422 g/mol. The average Bonchev–Trinajstić information content (AvgIpc) is 2.79. The van der Waals surface area contributed by atoms with Crippen molar-refractivity contribution in [2.24, 2.45) is 0 Å². The number of fused-ring (bicyclic) bond motifs is 1. The Hall–Kier alpha value is -3.61. The number of rotatable bonds is 10. The highest BCUT2D eigenvalue weighted by atomic mass is 16.5. The number of anilines is 1. The number of carbonyl (C=O) groups excluding carboxylic acids is 2. The third kappa shape index (κ3) is 6.68. The van der Waals surface area contributed by atoms with Crippen LogP contribution in [0, 0.1) is 6.92 Å². The number of amides is 1. The molecule has 0 aliphatic rings. The third-order valence-electron chi connectivity index (χ3n) is 5.22. The standard InChI is InChI=1S/C26H29NO6/c1-4-5-6-7-14-31-26(30)19-8-10-20(11-9-19)27-25(29)18(3)32-21-12-13-22-17(2)15-24(28)33-23(22)16-21/h8-13,15-16,18H,4-7,14H2,1-3H3,(H,27,29). The van der Waals surface area contributed by atoms with Gasteiger partial charge in [0.2, 0.25) is 0 Å². The number of esters is 1. The molecule has 0 saturated heterocycles. The van der Waals surface area contributed by atoms with Crippen LogP contribution in [0.2, 0.25) is 0 Å². The maximum atomic E-state index is 12.5. The van der Waals surface area contributed by atoms with E-state index >= 15 is 0 Å². The van der Waals surface area contributed by atoms with Gasteiger partial charge < -0.3 is 19.2 Å². The van der Waals surface area contributed by atoms with Crippen LogP contribution in [0.25, 0.3) is 11.0 Å². The summed E-state index contributed by atoms with van der Waals surface area (Å²) in [7, 11) is 0. The zero-order valence-electron chi connectivity index (χ0n) is 19.2. The van der Waals surface area contributed by atoms with Gasteiger partial charge in [0.25, 0.3) is 5.91 Å². The summed E-state index contributed by atoms with van der Waals surface area (Å²) in [5.74, 6) is -0.317. The van der Waals surface area contributed by atoms with Gasteiger partial charge in [-0.2, -0.15) is 0 Å². The Labute approximate surface area is 192 Å². The van der Waals surface area contributed by atoms with Crippen LogP contribution in [0.5, 0.6) is 5.75 Å². The molecule has 0 fully saturated rings. The van der Waals surface area contributed by atoms with E-state index in [1.807, 2.05) is 6.92 Å². The SMILES string of the molecule is CCCCCCOC(=O)c1ccc(NC(=O)C(C)Oc2ccc3c(C)cc(=O)oc3c2)cc1.